The Morgan fingerprint density at radius 1 is 0.854 bits per heavy atom. The predicted molar refractivity (Wildman–Crippen MR) is 153 cm³/mol. The van der Waals surface area contributed by atoms with E-state index >= 15 is 0 Å². The molecular formula is C31H28F3N3O3S. The van der Waals surface area contributed by atoms with Gasteiger partial charge in [0.2, 0.25) is 0 Å². The Labute approximate surface area is 236 Å². The lowest BCUT2D eigenvalue weighted by Crippen LogP contribution is -2.18. The zero-order valence-corrected chi connectivity index (χ0v) is 22.8. The highest BCUT2D eigenvalue weighted by Crippen LogP contribution is 2.47. The second kappa shape index (κ2) is 10.7. The summed E-state index contributed by atoms with van der Waals surface area (Å²) in [5.41, 5.74) is 4.82. The van der Waals surface area contributed by atoms with Gasteiger partial charge < -0.3 is 14.7 Å². The van der Waals surface area contributed by atoms with Crippen LogP contribution in [0, 0.1) is 5.92 Å². The number of alkyl halides is 3. The number of hydrogen-bond donors (Lipinski definition) is 2. The van der Waals surface area contributed by atoms with Crippen LogP contribution in [-0.4, -0.2) is 22.2 Å². The van der Waals surface area contributed by atoms with Crippen molar-refractivity contribution < 1.29 is 27.2 Å². The molecule has 2 aliphatic rings. The maximum absolute atomic E-state index is 14.3. The molecule has 0 bridgehead atoms. The second-order valence-electron chi connectivity index (χ2n) is 10.2. The third-order valence-corrected chi connectivity index (χ3v) is 9.14. The van der Waals surface area contributed by atoms with Crippen molar-refractivity contribution in [3.63, 3.8) is 0 Å². The van der Waals surface area contributed by atoms with Crippen molar-refractivity contribution in [2.24, 2.45) is 10.3 Å². The molecule has 1 fully saturated rings. The fourth-order valence-electron chi connectivity index (χ4n) is 4.98. The first-order chi connectivity index (χ1) is 19.7. The lowest BCUT2D eigenvalue weighted by molar-refractivity contribution is -0.274. The number of ether oxygens (including phenoxy) is 1. The first-order valence-electron chi connectivity index (χ1n) is 13.3. The summed E-state index contributed by atoms with van der Waals surface area (Å²) in [7, 11) is -3.37. The number of benzene rings is 4. The summed E-state index contributed by atoms with van der Waals surface area (Å²) in [4.78, 5) is 2.19. The van der Waals surface area contributed by atoms with Gasteiger partial charge in [-0.1, -0.05) is 42.5 Å². The molecule has 4 aromatic carbocycles. The van der Waals surface area contributed by atoms with E-state index in [0.717, 1.165) is 60.3 Å². The Morgan fingerprint density at radius 3 is 2.02 bits per heavy atom. The maximum atomic E-state index is 14.3. The minimum atomic E-state index is -4.84. The summed E-state index contributed by atoms with van der Waals surface area (Å²) in [6, 6.07) is 26.0. The second-order valence-corrected chi connectivity index (χ2v) is 12.2. The van der Waals surface area contributed by atoms with Gasteiger partial charge in [0.15, 0.2) is 15.7 Å². The van der Waals surface area contributed by atoms with Crippen molar-refractivity contribution in [2.75, 3.05) is 16.2 Å². The monoisotopic (exact) mass is 579 g/mol. The van der Waals surface area contributed by atoms with Gasteiger partial charge in [0.25, 0.3) is 0 Å². The van der Waals surface area contributed by atoms with Crippen LogP contribution in [0.3, 0.4) is 0 Å². The van der Waals surface area contributed by atoms with Crippen LogP contribution >= 0.6 is 0 Å². The molecule has 0 spiro atoms. The van der Waals surface area contributed by atoms with Crippen LogP contribution < -0.4 is 14.4 Å². The molecule has 6 rings (SSSR count). The minimum absolute atomic E-state index is 0.120. The third kappa shape index (κ3) is 5.83. The molecule has 1 unspecified atom stereocenters. The van der Waals surface area contributed by atoms with Crippen LogP contribution in [0.25, 0.3) is 0 Å². The van der Waals surface area contributed by atoms with Crippen LogP contribution in [0.15, 0.2) is 100 Å². The average Bonchev–Trinajstić information content (AvgIpc) is 3.79. The highest BCUT2D eigenvalue weighted by atomic mass is 32.2. The Morgan fingerprint density at radius 2 is 1.44 bits per heavy atom. The zero-order valence-electron chi connectivity index (χ0n) is 22.0. The molecule has 10 heteroatoms. The molecule has 1 heterocycles. The summed E-state index contributed by atoms with van der Waals surface area (Å²) in [5.74, 6) is -0.227. The van der Waals surface area contributed by atoms with Crippen molar-refractivity contribution in [2.45, 2.75) is 36.9 Å². The Kier molecular flexibility index (Phi) is 7.03. The number of nitrogens with one attached hydrogen (secondary N) is 1. The van der Waals surface area contributed by atoms with Gasteiger partial charge >= 0.3 is 6.36 Å². The average molecular weight is 580 g/mol. The molecule has 6 nitrogen and oxygen atoms in total. The molecule has 4 aromatic rings. The van der Waals surface area contributed by atoms with Crippen molar-refractivity contribution in [1.82, 2.24) is 0 Å². The number of aryl methyl sites for hydroxylation is 2. The lowest BCUT2D eigenvalue weighted by Gasteiger charge is -2.28. The zero-order chi connectivity index (χ0) is 28.6. The smallest absolute Gasteiger partial charge is 0.504 e. The molecule has 212 valence electrons. The van der Waals surface area contributed by atoms with E-state index in [-0.39, 0.29) is 16.3 Å². The Hall–Kier alpha value is -4.18. The number of hydrogen-bond acceptors (Lipinski definition) is 5. The van der Waals surface area contributed by atoms with Crippen molar-refractivity contribution in [3.8, 4) is 11.5 Å². The summed E-state index contributed by atoms with van der Waals surface area (Å²) in [6.45, 7) is 0.333. The molecule has 1 aliphatic heterocycles. The molecule has 0 aromatic heterocycles. The number of para-hydroxylation sites is 3. The van der Waals surface area contributed by atoms with Crippen LogP contribution in [-0.2, 0) is 22.8 Å². The SMILES string of the molecule is O=S(=NCC1CC1)(Nc1cccc(N2c3ccccc3CCc3ccccc32)c1O)c1ccc(OC(F)(F)F)cc1. The van der Waals surface area contributed by atoms with Gasteiger partial charge in [-0.2, -0.15) is 0 Å². The number of phenols is 1. The van der Waals surface area contributed by atoms with E-state index in [0.29, 0.717) is 18.2 Å². The van der Waals surface area contributed by atoms with Crippen molar-refractivity contribution in [3.05, 3.63) is 102 Å². The quantitative estimate of drug-likeness (QED) is 0.217. The molecule has 1 atom stereocenters. The van der Waals surface area contributed by atoms with Gasteiger partial charge in [0.05, 0.1) is 22.8 Å². The van der Waals surface area contributed by atoms with Gasteiger partial charge in [-0.05, 0) is 91.3 Å². The van der Waals surface area contributed by atoms with Gasteiger partial charge in [-0.3, -0.25) is 4.72 Å². The molecule has 0 saturated heterocycles. The highest BCUT2D eigenvalue weighted by molar-refractivity contribution is 7.95. The van der Waals surface area contributed by atoms with Gasteiger partial charge in [0.1, 0.15) is 5.75 Å². The maximum Gasteiger partial charge on any atom is 0.573 e. The normalized spacial score (nSPS) is 16.1. The fraction of sp³-hybridized carbons (Fsp3) is 0.226. The number of phenolic OH excluding ortho intramolecular Hbond substituents is 1. The summed E-state index contributed by atoms with van der Waals surface area (Å²) in [6.07, 6.45) is -1.21. The lowest BCUT2D eigenvalue weighted by atomic mass is 10.0. The van der Waals surface area contributed by atoms with E-state index in [1.165, 1.54) is 12.1 Å². The van der Waals surface area contributed by atoms with E-state index in [2.05, 4.69) is 26.0 Å². The van der Waals surface area contributed by atoms with Crippen molar-refractivity contribution >= 4 is 32.7 Å². The van der Waals surface area contributed by atoms with Gasteiger partial charge in [-0.15, -0.1) is 13.2 Å². The number of anilines is 4. The summed E-state index contributed by atoms with van der Waals surface area (Å²) < 4.78 is 63.8. The molecule has 1 aliphatic carbocycles. The third-order valence-electron chi connectivity index (χ3n) is 7.22. The van der Waals surface area contributed by atoms with E-state index < -0.39 is 22.0 Å². The number of halogens is 3. The first-order valence-corrected chi connectivity index (χ1v) is 14.9. The molecule has 0 amide bonds. The number of aromatic hydroxyl groups is 1. The standard InChI is InChI=1S/C31H28F3N3O3S/c32-31(33,34)40-24-16-18-25(19-17-24)41(39,35-20-21-12-13-21)36-26-8-5-11-29(30(26)38)37-27-9-3-1-6-22(27)14-15-23-7-2-4-10-28(23)37/h1-11,16-19,21,38H,12-15,20H2,(H,35,36,39). The van der Waals surface area contributed by atoms with Crippen LogP contribution in [0.4, 0.5) is 35.9 Å². The topological polar surface area (TPSA) is 74.2 Å². The number of nitrogens with zero attached hydrogens (tertiary/aromatic N) is 2. The van der Waals surface area contributed by atoms with E-state index in [4.69, 9.17) is 0 Å². The highest BCUT2D eigenvalue weighted by Gasteiger charge is 2.31. The van der Waals surface area contributed by atoms with Crippen LogP contribution in [0.1, 0.15) is 24.0 Å². The van der Waals surface area contributed by atoms with E-state index in [1.54, 1.807) is 18.2 Å². The minimum Gasteiger partial charge on any atom is -0.504 e. The molecule has 1 saturated carbocycles. The number of fused-ring (bicyclic) bond motifs is 2. The van der Waals surface area contributed by atoms with Gasteiger partial charge in [0, 0.05) is 11.4 Å². The Bertz CT molecular complexity index is 1650. The largest absolute Gasteiger partial charge is 0.573 e. The molecule has 0 radical (unpaired) electrons. The molecule has 41 heavy (non-hydrogen) atoms. The number of rotatable bonds is 7. The summed E-state index contributed by atoms with van der Waals surface area (Å²) >= 11 is 0. The predicted octanol–water partition coefficient (Wildman–Crippen LogP) is 8.12. The van der Waals surface area contributed by atoms with Gasteiger partial charge in [-0.25, -0.2) is 8.57 Å². The first kappa shape index (κ1) is 27.0. The van der Waals surface area contributed by atoms with Crippen LogP contribution in [0.5, 0.6) is 11.5 Å². The van der Waals surface area contributed by atoms with Crippen LogP contribution in [0.2, 0.25) is 0 Å². The molecule has 2 N–H and O–H groups in total. The van der Waals surface area contributed by atoms with Crippen molar-refractivity contribution in [1.29, 1.82) is 0 Å². The fourth-order valence-corrected chi connectivity index (χ4v) is 6.70. The molecular weight excluding hydrogens is 551 g/mol. The Balaban J connectivity index is 1.41. The van der Waals surface area contributed by atoms with E-state index in [9.17, 15) is 22.5 Å². The summed E-state index contributed by atoms with van der Waals surface area (Å²) in [5, 5.41) is 11.6. The van der Waals surface area contributed by atoms with E-state index in [1.807, 2.05) is 41.3 Å².